The smallest absolute Gasteiger partial charge is 0.109 e. The number of nitrogens with one attached hydrogen (secondary N) is 1. The summed E-state index contributed by atoms with van der Waals surface area (Å²) in [6.07, 6.45) is 11.7. The normalized spacial score (nSPS) is 20.8. The maximum atomic E-state index is 4.48. The molecule has 1 heterocycles. The Morgan fingerprint density at radius 2 is 1.88 bits per heavy atom. The van der Waals surface area contributed by atoms with Crippen molar-refractivity contribution in [2.45, 2.75) is 70.9 Å². The van der Waals surface area contributed by atoms with Crippen LogP contribution in [0.5, 0.6) is 0 Å². The molecule has 0 amide bonds. The van der Waals surface area contributed by atoms with Crippen LogP contribution in [-0.2, 0) is 0 Å². The van der Waals surface area contributed by atoms with E-state index in [0.29, 0.717) is 12.1 Å². The van der Waals surface area contributed by atoms with Crippen molar-refractivity contribution in [2.24, 2.45) is 0 Å². The lowest BCUT2D eigenvalue weighted by Crippen LogP contribution is -2.32. The number of hydrogen-bond acceptors (Lipinski definition) is 3. The summed E-state index contributed by atoms with van der Waals surface area (Å²) < 4.78 is 0. The minimum atomic E-state index is 0.415. The Balaban J connectivity index is 1.85. The van der Waals surface area contributed by atoms with Crippen LogP contribution >= 0.6 is 11.3 Å². The number of aryl methyl sites for hydroxylation is 1. The lowest BCUT2D eigenvalue weighted by atomic mass is 9.96. The molecule has 1 aromatic rings. The maximum Gasteiger partial charge on any atom is 0.109 e. The fourth-order valence-corrected chi connectivity index (χ4v) is 3.41. The molecule has 1 saturated carbocycles. The van der Waals surface area contributed by atoms with Crippen LogP contribution in [0.1, 0.15) is 67.8 Å². The Morgan fingerprint density at radius 1 is 1.24 bits per heavy atom. The van der Waals surface area contributed by atoms with Gasteiger partial charge in [0.1, 0.15) is 5.01 Å². The lowest BCUT2D eigenvalue weighted by Gasteiger charge is -2.24. The van der Waals surface area contributed by atoms with E-state index in [-0.39, 0.29) is 0 Å². The quantitative estimate of drug-likeness (QED) is 0.871. The second-order valence-corrected chi connectivity index (χ2v) is 6.51. The number of aromatic nitrogens is 1. The molecule has 1 aromatic heterocycles. The van der Waals surface area contributed by atoms with Gasteiger partial charge in [0.25, 0.3) is 0 Å². The van der Waals surface area contributed by atoms with Gasteiger partial charge in [-0.25, -0.2) is 4.98 Å². The van der Waals surface area contributed by atoms with Crippen LogP contribution < -0.4 is 5.32 Å². The second-order valence-electron chi connectivity index (χ2n) is 5.24. The van der Waals surface area contributed by atoms with Crippen molar-refractivity contribution >= 4 is 11.3 Å². The van der Waals surface area contributed by atoms with Gasteiger partial charge in [0, 0.05) is 17.1 Å². The third-order valence-corrected chi connectivity index (χ3v) is 4.70. The summed E-state index contributed by atoms with van der Waals surface area (Å²) in [6, 6.07) is 1.12. The highest BCUT2D eigenvalue weighted by Crippen LogP contribution is 2.23. The zero-order valence-corrected chi connectivity index (χ0v) is 11.9. The third-order valence-electron chi connectivity index (χ3n) is 3.60. The van der Waals surface area contributed by atoms with Crippen molar-refractivity contribution in [3.63, 3.8) is 0 Å². The standard InChI is InChI=1S/C14H24N2S/c1-11-10-15-14(17-11)12(2)16-13-8-6-4-3-5-7-9-13/h10,12-13,16H,3-9H2,1-2H3. The van der Waals surface area contributed by atoms with Crippen molar-refractivity contribution in [1.82, 2.24) is 10.3 Å². The van der Waals surface area contributed by atoms with Gasteiger partial charge in [-0.3, -0.25) is 0 Å². The van der Waals surface area contributed by atoms with Gasteiger partial charge in [0.05, 0.1) is 6.04 Å². The van der Waals surface area contributed by atoms with Crippen molar-refractivity contribution in [3.05, 3.63) is 16.1 Å². The van der Waals surface area contributed by atoms with Gasteiger partial charge in [-0.1, -0.05) is 32.1 Å². The molecule has 0 aliphatic heterocycles. The van der Waals surface area contributed by atoms with E-state index >= 15 is 0 Å². The Hall–Kier alpha value is -0.410. The van der Waals surface area contributed by atoms with E-state index in [1.165, 1.54) is 54.8 Å². The molecular formula is C14H24N2S. The van der Waals surface area contributed by atoms with E-state index in [1.807, 2.05) is 17.5 Å². The van der Waals surface area contributed by atoms with Crippen LogP contribution in [0.2, 0.25) is 0 Å². The molecule has 17 heavy (non-hydrogen) atoms. The zero-order valence-electron chi connectivity index (χ0n) is 11.0. The monoisotopic (exact) mass is 252 g/mol. The first-order valence-corrected chi connectivity index (χ1v) is 7.76. The zero-order chi connectivity index (χ0) is 12.1. The molecule has 1 aliphatic rings. The van der Waals surface area contributed by atoms with E-state index in [4.69, 9.17) is 0 Å². The van der Waals surface area contributed by atoms with E-state index < -0.39 is 0 Å². The summed E-state index contributed by atoms with van der Waals surface area (Å²) in [5, 5.41) is 5.00. The number of nitrogens with zero attached hydrogens (tertiary/aromatic N) is 1. The molecule has 2 nitrogen and oxygen atoms in total. The average Bonchev–Trinajstić information content (AvgIpc) is 2.68. The maximum absolute atomic E-state index is 4.48. The molecule has 1 aliphatic carbocycles. The minimum absolute atomic E-state index is 0.415. The molecule has 2 rings (SSSR count). The first-order chi connectivity index (χ1) is 8.25. The molecule has 0 spiro atoms. The van der Waals surface area contributed by atoms with Gasteiger partial charge in [0.2, 0.25) is 0 Å². The van der Waals surface area contributed by atoms with Gasteiger partial charge >= 0.3 is 0 Å². The van der Waals surface area contributed by atoms with Crippen molar-refractivity contribution in [2.75, 3.05) is 0 Å². The molecule has 1 unspecified atom stereocenters. The van der Waals surface area contributed by atoms with Crippen LogP contribution in [0.15, 0.2) is 6.20 Å². The molecule has 1 fully saturated rings. The Morgan fingerprint density at radius 3 is 2.47 bits per heavy atom. The van der Waals surface area contributed by atoms with E-state index in [2.05, 4.69) is 24.1 Å². The van der Waals surface area contributed by atoms with Crippen LogP contribution in [0.3, 0.4) is 0 Å². The molecule has 0 saturated heterocycles. The Kier molecular flexibility index (Phi) is 4.99. The SMILES string of the molecule is Cc1cnc(C(C)NC2CCCCCCC2)s1. The van der Waals surface area contributed by atoms with Crippen LogP contribution in [0.25, 0.3) is 0 Å². The lowest BCUT2D eigenvalue weighted by molar-refractivity contribution is 0.362. The first kappa shape index (κ1) is 13.0. The predicted molar refractivity (Wildman–Crippen MR) is 74.5 cm³/mol. The van der Waals surface area contributed by atoms with Crippen molar-refractivity contribution in [3.8, 4) is 0 Å². The van der Waals surface area contributed by atoms with Gasteiger partial charge < -0.3 is 5.32 Å². The molecule has 1 N–H and O–H groups in total. The molecule has 0 bridgehead atoms. The van der Waals surface area contributed by atoms with Crippen LogP contribution in [-0.4, -0.2) is 11.0 Å². The van der Waals surface area contributed by atoms with E-state index in [0.717, 1.165) is 0 Å². The molecule has 0 radical (unpaired) electrons. The Labute approximate surface area is 109 Å². The molecule has 1 atom stereocenters. The largest absolute Gasteiger partial charge is 0.305 e. The summed E-state index contributed by atoms with van der Waals surface area (Å²) in [5.74, 6) is 0. The molecular weight excluding hydrogens is 228 g/mol. The number of rotatable bonds is 3. The van der Waals surface area contributed by atoms with Crippen LogP contribution in [0, 0.1) is 6.92 Å². The highest BCUT2D eigenvalue weighted by molar-refractivity contribution is 7.11. The number of thiazole rings is 1. The second kappa shape index (κ2) is 6.50. The molecule has 96 valence electrons. The molecule has 0 aromatic carbocycles. The summed E-state index contributed by atoms with van der Waals surface area (Å²) in [4.78, 5) is 5.79. The van der Waals surface area contributed by atoms with Gasteiger partial charge in [-0.15, -0.1) is 11.3 Å². The fraction of sp³-hybridized carbons (Fsp3) is 0.786. The Bertz CT molecular complexity index is 327. The first-order valence-electron chi connectivity index (χ1n) is 6.94. The van der Waals surface area contributed by atoms with Gasteiger partial charge in [-0.2, -0.15) is 0 Å². The highest BCUT2D eigenvalue weighted by atomic mass is 32.1. The summed E-state index contributed by atoms with van der Waals surface area (Å²) in [5.41, 5.74) is 0. The van der Waals surface area contributed by atoms with Gasteiger partial charge in [-0.05, 0) is 26.7 Å². The predicted octanol–water partition coefficient (Wildman–Crippen LogP) is 4.22. The molecule has 3 heteroatoms. The summed E-state index contributed by atoms with van der Waals surface area (Å²) in [7, 11) is 0. The van der Waals surface area contributed by atoms with Gasteiger partial charge in [0.15, 0.2) is 0 Å². The van der Waals surface area contributed by atoms with Crippen molar-refractivity contribution in [1.29, 1.82) is 0 Å². The highest BCUT2D eigenvalue weighted by Gasteiger charge is 2.16. The topological polar surface area (TPSA) is 24.9 Å². The van der Waals surface area contributed by atoms with Crippen LogP contribution in [0.4, 0.5) is 0 Å². The van der Waals surface area contributed by atoms with E-state index in [9.17, 15) is 0 Å². The van der Waals surface area contributed by atoms with Crippen molar-refractivity contribution < 1.29 is 0 Å². The number of hydrogen-bond donors (Lipinski definition) is 1. The summed E-state index contributed by atoms with van der Waals surface area (Å²) >= 11 is 1.82. The summed E-state index contributed by atoms with van der Waals surface area (Å²) in [6.45, 7) is 4.38. The third kappa shape index (κ3) is 4.07. The van der Waals surface area contributed by atoms with E-state index in [1.54, 1.807) is 0 Å². The minimum Gasteiger partial charge on any atom is -0.305 e. The fourth-order valence-electron chi connectivity index (χ4n) is 2.62. The average molecular weight is 252 g/mol.